The Morgan fingerprint density at radius 1 is 0.781 bits per heavy atom. The van der Waals surface area contributed by atoms with E-state index in [4.69, 9.17) is 23.2 Å². The molecule has 0 aromatic heterocycles. The van der Waals surface area contributed by atoms with E-state index in [0.29, 0.717) is 28.6 Å². The molecule has 4 rings (SSSR count). The number of fused-ring (bicyclic) bond motifs is 1. The van der Waals surface area contributed by atoms with Crippen LogP contribution in [0.4, 0.5) is 5.69 Å². The number of sulfonamides is 1. The second-order valence-electron chi connectivity index (χ2n) is 7.09. The van der Waals surface area contributed by atoms with Crippen LogP contribution in [0.25, 0.3) is 10.8 Å². The first kappa shape index (κ1) is 22.1. The van der Waals surface area contributed by atoms with E-state index in [1.165, 1.54) is 18.2 Å². The molecule has 0 aliphatic rings. The van der Waals surface area contributed by atoms with Crippen molar-refractivity contribution in [1.82, 2.24) is 5.32 Å². The molecule has 0 saturated carbocycles. The average molecular weight is 485 g/mol. The van der Waals surface area contributed by atoms with Crippen LogP contribution in [0.1, 0.15) is 15.9 Å². The summed E-state index contributed by atoms with van der Waals surface area (Å²) < 4.78 is 28.4. The zero-order chi connectivity index (χ0) is 22.7. The molecule has 4 aromatic rings. The molecule has 162 valence electrons. The Labute approximate surface area is 196 Å². The first-order valence-corrected chi connectivity index (χ1v) is 11.9. The van der Waals surface area contributed by atoms with E-state index < -0.39 is 10.0 Å². The number of nitrogens with one attached hydrogen (secondary N) is 2. The number of halogens is 2. The van der Waals surface area contributed by atoms with Gasteiger partial charge in [-0.05, 0) is 41.3 Å². The predicted octanol–water partition coefficient (Wildman–Crippen LogP) is 5.88. The lowest BCUT2D eigenvalue weighted by Crippen LogP contribution is -2.23. The predicted molar refractivity (Wildman–Crippen MR) is 129 cm³/mol. The molecule has 1 amide bonds. The quantitative estimate of drug-likeness (QED) is 0.358. The van der Waals surface area contributed by atoms with Crippen molar-refractivity contribution in [2.75, 3.05) is 4.72 Å². The van der Waals surface area contributed by atoms with Gasteiger partial charge in [-0.3, -0.25) is 9.52 Å². The van der Waals surface area contributed by atoms with Gasteiger partial charge in [0, 0.05) is 27.5 Å². The third kappa shape index (κ3) is 4.88. The Kier molecular flexibility index (Phi) is 6.37. The van der Waals surface area contributed by atoms with E-state index in [1.54, 1.807) is 36.4 Å². The summed E-state index contributed by atoms with van der Waals surface area (Å²) in [6.07, 6.45) is 0. The minimum Gasteiger partial charge on any atom is -0.348 e. The van der Waals surface area contributed by atoms with E-state index in [2.05, 4.69) is 10.0 Å². The maximum Gasteiger partial charge on any atom is 0.262 e. The molecular weight excluding hydrogens is 467 g/mol. The molecule has 0 atom stereocenters. The van der Waals surface area contributed by atoms with E-state index >= 15 is 0 Å². The van der Waals surface area contributed by atoms with Gasteiger partial charge in [0.1, 0.15) is 0 Å². The molecular formula is C24H18Cl2N2O3S. The van der Waals surface area contributed by atoms with E-state index in [-0.39, 0.29) is 20.8 Å². The molecule has 0 bridgehead atoms. The Hall–Kier alpha value is -3.06. The van der Waals surface area contributed by atoms with Crippen LogP contribution in [0.5, 0.6) is 0 Å². The zero-order valence-corrected chi connectivity index (χ0v) is 19.0. The first-order valence-electron chi connectivity index (χ1n) is 9.66. The van der Waals surface area contributed by atoms with Crippen LogP contribution in [0.3, 0.4) is 0 Å². The van der Waals surface area contributed by atoms with Crippen molar-refractivity contribution in [2.45, 2.75) is 11.4 Å². The number of amides is 1. The lowest BCUT2D eigenvalue weighted by molar-refractivity contribution is 0.0952. The van der Waals surface area contributed by atoms with E-state index in [9.17, 15) is 13.2 Å². The van der Waals surface area contributed by atoms with Crippen LogP contribution in [0.2, 0.25) is 10.0 Å². The summed E-state index contributed by atoms with van der Waals surface area (Å²) in [6.45, 7) is 0.387. The summed E-state index contributed by atoms with van der Waals surface area (Å²) in [7, 11) is -3.95. The maximum absolute atomic E-state index is 12.9. The van der Waals surface area contributed by atoms with E-state index in [1.807, 2.05) is 30.3 Å². The molecule has 0 radical (unpaired) electrons. The number of carbonyl (C=O) groups excluding carboxylic acids is 1. The second-order valence-corrected chi connectivity index (χ2v) is 9.64. The highest BCUT2D eigenvalue weighted by Gasteiger charge is 2.18. The molecule has 0 spiro atoms. The highest BCUT2D eigenvalue weighted by Crippen LogP contribution is 2.29. The maximum atomic E-state index is 12.9. The number of benzene rings is 4. The fourth-order valence-corrected chi connectivity index (χ4v) is 5.16. The number of hydrogen-bond acceptors (Lipinski definition) is 3. The van der Waals surface area contributed by atoms with Gasteiger partial charge in [-0.2, -0.15) is 0 Å². The topological polar surface area (TPSA) is 75.3 Å². The largest absolute Gasteiger partial charge is 0.348 e. The molecule has 0 fully saturated rings. The van der Waals surface area contributed by atoms with Crippen molar-refractivity contribution in [3.63, 3.8) is 0 Å². The van der Waals surface area contributed by atoms with Gasteiger partial charge in [0.15, 0.2) is 0 Å². The molecule has 2 N–H and O–H groups in total. The van der Waals surface area contributed by atoms with Crippen molar-refractivity contribution < 1.29 is 13.2 Å². The molecule has 8 heteroatoms. The standard InChI is InChI=1S/C24H18Cl2N2O3S/c25-17-12-18(26)14-19(13-17)32(30,31)28-23-11-5-8-20-21(23)9-4-10-22(20)24(29)27-15-16-6-2-1-3-7-16/h1-14,28H,15H2,(H,27,29). The monoisotopic (exact) mass is 484 g/mol. The summed E-state index contributed by atoms with van der Waals surface area (Å²) in [5.41, 5.74) is 1.77. The summed E-state index contributed by atoms with van der Waals surface area (Å²) in [4.78, 5) is 12.8. The second kappa shape index (κ2) is 9.20. The van der Waals surface area contributed by atoms with Crippen molar-refractivity contribution in [3.8, 4) is 0 Å². The SMILES string of the molecule is O=C(NCc1ccccc1)c1cccc2c(NS(=O)(=O)c3cc(Cl)cc(Cl)c3)cccc12. The van der Waals surface area contributed by atoms with Crippen molar-refractivity contribution in [3.05, 3.63) is 106 Å². The van der Waals surface area contributed by atoms with Crippen LogP contribution in [-0.4, -0.2) is 14.3 Å². The highest BCUT2D eigenvalue weighted by molar-refractivity contribution is 7.92. The molecule has 0 saturated heterocycles. The van der Waals surface area contributed by atoms with Crippen molar-refractivity contribution in [2.24, 2.45) is 0 Å². The van der Waals surface area contributed by atoms with Gasteiger partial charge in [-0.15, -0.1) is 0 Å². The molecule has 5 nitrogen and oxygen atoms in total. The van der Waals surface area contributed by atoms with Crippen LogP contribution < -0.4 is 10.0 Å². The van der Waals surface area contributed by atoms with Crippen molar-refractivity contribution >= 4 is 55.6 Å². The van der Waals surface area contributed by atoms with Gasteiger partial charge in [0.2, 0.25) is 0 Å². The fourth-order valence-electron chi connectivity index (χ4n) is 3.36. The minimum atomic E-state index is -3.95. The molecule has 0 heterocycles. The molecule has 0 aliphatic carbocycles. The zero-order valence-electron chi connectivity index (χ0n) is 16.7. The molecule has 0 aliphatic heterocycles. The summed E-state index contributed by atoms with van der Waals surface area (Å²) in [5.74, 6) is -0.249. The molecule has 0 unspecified atom stereocenters. The van der Waals surface area contributed by atoms with Crippen LogP contribution in [-0.2, 0) is 16.6 Å². The van der Waals surface area contributed by atoms with Crippen molar-refractivity contribution in [1.29, 1.82) is 0 Å². The first-order chi connectivity index (χ1) is 15.3. The Morgan fingerprint density at radius 3 is 2.16 bits per heavy atom. The van der Waals surface area contributed by atoms with Crippen LogP contribution >= 0.6 is 23.2 Å². The Bertz CT molecular complexity index is 1390. The van der Waals surface area contributed by atoms with Gasteiger partial charge in [-0.25, -0.2) is 8.42 Å². The lowest BCUT2D eigenvalue weighted by atomic mass is 10.0. The molecule has 4 aromatic carbocycles. The Balaban J connectivity index is 1.65. The summed E-state index contributed by atoms with van der Waals surface area (Å²) >= 11 is 11.9. The lowest BCUT2D eigenvalue weighted by Gasteiger charge is -2.13. The number of carbonyl (C=O) groups is 1. The van der Waals surface area contributed by atoms with Gasteiger partial charge in [-0.1, -0.05) is 77.8 Å². The summed E-state index contributed by atoms with van der Waals surface area (Å²) in [5, 5.41) is 4.56. The van der Waals surface area contributed by atoms with E-state index in [0.717, 1.165) is 5.56 Å². The smallest absolute Gasteiger partial charge is 0.262 e. The summed E-state index contributed by atoms with van der Waals surface area (Å²) in [6, 6.07) is 24.0. The van der Waals surface area contributed by atoms with Gasteiger partial charge < -0.3 is 5.32 Å². The van der Waals surface area contributed by atoms with Crippen LogP contribution in [0, 0.1) is 0 Å². The number of hydrogen-bond donors (Lipinski definition) is 2. The highest BCUT2D eigenvalue weighted by atomic mass is 35.5. The third-order valence-electron chi connectivity index (χ3n) is 4.85. The number of rotatable bonds is 6. The number of anilines is 1. The van der Waals surface area contributed by atoms with Gasteiger partial charge in [0.05, 0.1) is 10.6 Å². The normalized spacial score (nSPS) is 11.3. The molecule has 32 heavy (non-hydrogen) atoms. The minimum absolute atomic E-state index is 0.0521. The fraction of sp³-hybridized carbons (Fsp3) is 0.0417. The Morgan fingerprint density at radius 2 is 1.44 bits per heavy atom. The third-order valence-corrected chi connectivity index (χ3v) is 6.63. The van der Waals surface area contributed by atoms with Crippen LogP contribution in [0.15, 0.2) is 89.8 Å². The van der Waals surface area contributed by atoms with Gasteiger partial charge >= 0.3 is 0 Å². The average Bonchev–Trinajstić information content (AvgIpc) is 2.77. The van der Waals surface area contributed by atoms with Gasteiger partial charge in [0.25, 0.3) is 15.9 Å².